The van der Waals surface area contributed by atoms with Crippen LogP contribution in [0, 0.1) is 11.7 Å². The van der Waals surface area contributed by atoms with E-state index in [2.05, 4.69) is 5.32 Å². The van der Waals surface area contributed by atoms with Crippen molar-refractivity contribution in [2.24, 2.45) is 5.92 Å². The van der Waals surface area contributed by atoms with Crippen molar-refractivity contribution in [3.63, 3.8) is 0 Å². The summed E-state index contributed by atoms with van der Waals surface area (Å²) in [5.74, 6) is -0.500. The highest BCUT2D eigenvalue weighted by Gasteiger charge is 2.43. The van der Waals surface area contributed by atoms with E-state index in [4.69, 9.17) is 9.47 Å². The average Bonchev–Trinajstić information content (AvgIpc) is 2.76. The summed E-state index contributed by atoms with van der Waals surface area (Å²) >= 11 is 0. The van der Waals surface area contributed by atoms with Crippen molar-refractivity contribution in [1.82, 2.24) is 5.32 Å². The lowest BCUT2D eigenvalue weighted by Gasteiger charge is -2.41. The van der Waals surface area contributed by atoms with Gasteiger partial charge >= 0.3 is 0 Å². The van der Waals surface area contributed by atoms with Crippen LogP contribution in [0.25, 0.3) is 11.1 Å². The van der Waals surface area contributed by atoms with Gasteiger partial charge in [0.25, 0.3) is 0 Å². The fraction of sp³-hybridized carbons (Fsp3) is 0.458. The van der Waals surface area contributed by atoms with E-state index in [1.54, 1.807) is 31.2 Å². The Labute approximate surface area is 186 Å². The molecule has 1 aliphatic heterocycles. The lowest BCUT2D eigenvalue weighted by molar-refractivity contribution is -0.257. The molecular weight excluding hydrogens is 417 g/mol. The number of carbonyl (C=O) groups is 1. The minimum atomic E-state index is -1.27. The predicted octanol–water partition coefficient (Wildman–Crippen LogP) is 2.02. The van der Waals surface area contributed by atoms with Gasteiger partial charge in [-0.25, -0.2) is 4.39 Å². The Hall–Kier alpha value is -2.52. The molecule has 0 unspecified atom stereocenters. The summed E-state index contributed by atoms with van der Waals surface area (Å²) in [5, 5.41) is 32.8. The van der Waals surface area contributed by atoms with Crippen molar-refractivity contribution in [3.8, 4) is 16.9 Å². The van der Waals surface area contributed by atoms with Crippen molar-refractivity contribution in [2.75, 3.05) is 13.2 Å². The molecule has 0 aromatic heterocycles. The van der Waals surface area contributed by atoms with Gasteiger partial charge in [-0.3, -0.25) is 4.79 Å². The summed E-state index contributed by atoms with van der Waals surface area (Å²) in [4.78, 5) is 11.2. The van der Waals surface area contributed by atoms with Gasteiger partial charge in [0.2, 0.25) is 12.2 Å². The van der Waals surface area contributed by atoms with E-state index >= 15 is 0 Å². The summed E-state index contributed by atoms with van der Waals surface area (Å²) in [6.45, 7) is 3.50. The molecule has 8 heteroatoms. The molecule has 0 bridgehead atoms. The van der Waals surface area contributed by atoms with E-state index in [9.17, 15) is 24.5 Å². The van der Waals surface area contributed by atoms with E-state index in [0.717, 1.165) is 11.1 Å². The van der Waals surface area contributed by atoms with Crippen LogP contribution in [-0.2, 0) is 16.0 Å². The van der Waals surface area contributed by atoms with Crippen LogP contribution in [0.3, 0.4) is 0 Å². The Bertz CT molecular complexity index is 923. The number of halogens is 1. The molecular formula is C24H30FNO6. The highest BCUT2D eigenvalue weighted by atomic mass is 19.1. The molecule has 174 valence electrons. The minimum Gasteiger partial charge on any atom is -0.462 e. The maximum Gasteiger partial charge on any atom is 0.228 e. The molecule has 0 saturated carbocycles. The number of aliphatic hydroxyl groups excluding tert-OH is 3. The SMILES string of the molecule is CC(=O)NCCc1ccc(O[C@@H]2O[C@H](CCO)[C@H](C)[C@@H](O)[C@H]2O)cc1-c1cccc(F)c1. The number of carbonyl (C=O) groups excluding carboxylic acids is 1. The van der Waals surface area contributed by atoms with Crippen LogP contribution in [0.4, 0.5) is 4.39 Å². The Morgan fingerprint density at radius 3 is 2.66 bits per heavy atom. The monoisotopic (exact) mass is 447 g/mol. The third kappa shape index (κ3) is 5.83. The number of amides is 1. The molecule has 5 atom stereocenters. The predicted molar refractivity (Wildman–Crippen MR) is 116 cm³/mol. The lowest BCUT2D eigenvalue weighted by atomic mass is 9.89. The molecule has 1 fully saturated rings. The Morgan fingerprint density at radius 2 is 1.97 bits per heavy atom. The van der Waals surface area contributed by atoms with E-state index in [-0.39, 0.29) is 24.2 Å². The second kappa shape index (κ2) is 10.9. The zero-order chi connectivity index (χ0) is 23.3. The second-order valence-electron chi connectivity index (χ2n) is 8.08. The molecule has 4 N–H and O–H groups in total. The Kier molecular flexibility index (Phi) is 8.20. The van der Waals surface area contributed by atoms with Gasteiger partial charge in [-0.15, -0.1) is 0 Å². The maximum absolute atomic E-state index is 13.9. The largest absolute Gasteiger partial charge is 0.462 e. The van der Waals surface area contributed by atoms with Crippen LogP contribution >= 0.6 is 0 Å². The number of benzene rings is 2. The molecule has 1 saturated heterocycles. The lowest BCUT2D eigenvalue weighted by Crippen LogP contribution is -2.55. The van der Waals surface area contributed by atoms with Crippen molar-refractivity contribution < 1.29 is 34.0 Å². The van der Waals surface area contributed by atoms with Gasteiger partial charge < -0.3 is 30.1 Å². The smallest absolute Gasteiger partial charge is 0.228 e. The van der Waals surface area contributed by atoms with Gasteiger partial charge in [0.1, 0.15) is 17.7 Å². The summed E-state index contributed by atoms with van der Waals surface area (Å²) < 4.78 is 25.6. The molecule has 3 rings (SSSR count). The van der Waals surface area contributed by atoms with E-state index in [1.165, 1.54) is 19.1 Å². The van der Waals surface area contributed by atoms with Crippen LogP contribution in [0.15, 0.2) is 42.5 Å². The normalized spacial score (nSPS) is 25.4. The van der Waals surface area contributed by atoms with E-state index in [1.807, 2.05) is 6.07 Å². The number of nitrogens with one attached hydrogen (secondary N) is 1. The van der Waals surface area contributed by atoms with Crippen LogP contribution in [-0.4, -0.2) is 59.0 Å². The van der Waals surface area contributed by atoms with E-state index in [0.29, 0.717) is 30.7 Å². The van der Waals surface area contributed by atoms with Gasteiger partial charge in [-0.1, -0.05) is 25.1 Å². The topological polar surface area (TPSA) is 108 Å². The number of hydrogen-bond acceptors (Lipinski definition) is 6. The molecule has 0 aliphatic carbocycles. The highest BCUT2D eigenvalue weighted by Crippen LogP contribution is 2.33. The quantitative estimate of drug-likeness (QED) is 0.493. The van der Waals surface area contributed by atoms with Crippen molar-refractivity contribution in [3.05, 3.63) is 53.8 Å². The molecule has 0 radical (unpaired) electrons. The van der Waals surface area contributed by atoms with Crippen LogP contribution in [0.1, 0.15) is 25.8 Å². The maximum atomic E-state index is 13.9. The molecule has 1 aliphatic rings. The van der Waals surface area contributed by atoms with Crippen LogP contribution in [0.5, 0.6) is 5.75 Å². The number of ether oxygens (including phenoxy) is 2. The Balaban J connectivity index is 1.86. The fourth-order valence-corrected chi connectivity index (χ4v) is 3.90. The summed E-state index contributed by atoms with van der Waals surface area (Å²) in [6, 6.07) is 11.4. The minimum absolute atomic E-state index is 0.114. The van der Waals surface area contributed by atoms with Gasteiger partial charge in [0, 0.05) is 26.0 Å². The first kappa shape index (κ1) is 24.1. The first-order valence-corrected chi connectivity index (χ1v) is 10.7. The first-order chi connectivity index (χ1) is 15.3. The van der Waals surface area contributed by atoms with Crippen molar-refractivity contribution >= 4 is 5.91 Å². The van der Waals surface area contributed by atoms with Gasteiger partial charge in [-0.2, -0.15) is 0 Å². The third-order valence-electron chi connectivity index (χ3n) is 5.71. The number of rotatable bonds is 8. The summed E-state index contributed by atoms with van der Waals surface area (Å²) in [6.07, 6.45) is -3.09. The second-order valence-corrected chi connectivity index (χ2v) is 8.08. The zero-order valence-electron chi connectivity index (χ0n) is 18.2. The standard InChI is InChI=1S/C24H30FNO6/c1-14-21(9-11-27)32-24(23(30)22(14)29)31-19-7-6-16(8-10-26-15(2)28)20(13-19)17-4-3-5-18(25)12-17/h3-7,12-14,21-24,27,29-30H,8-11H2,1-2H3,(H,26,28)/t14-,21+,22+,23+,24+/m0/s1. The zero-order valence-corrected chi connectivity index (χ0v) is 18.2. The van der Waals surface area contributed by atoms with Crippen molar-refractivity contribution in [1.29, 1.82) is 0 Å². The van der Waals surface area contributed by atoms with E-state index < -0.39 is 24.6 Å². The summed E-state index contributed by atoms with van der Waals surface area (Å²) in [7, 11) is 0. The molecule has 2 aromatic carbocycles. The first-order valence-electron chi connectivity index (χ1n) is 10.7. The van der Waals surface area contributed by atoms with Gasteiger partial charge in [0.05, 0.1) is 12.2 Å². The number of aliphatic hydroxyl groups is 3. The molecule has 7 nitrogen and oxygen atoms in total. The summed E-state index contributed by atoms with van der Waals surface area (Å²) in [5.41, 5.74) is 2.25. The molecule has 1 amide bonds. The van der Waals surface area contributed by atoms with Crippen LogP contribution in [0.2, 0.25) is 0 Å². The fourth-order valence-electron chi connectivity index (χ4n) is 3.90. The number of hydrogen-bond donors (Lipinski definition) is 4. The van der Waals surface area contributed by atoms with Crippen molar-refractivity contribution in [2.45, 2.75) is 51.3 Å². The Morgan fingerprint density at radius 1 is 1.19 bits per heavy atom. The van der Waals surface area contributed by atoms with Gasteiger partial charge in [-0.05, 0) is 53.8 Å². The average molecular weight is 448 g/mol. The molecule has 2 aromatic rings. The highest BCUT2D eigenvalue weighted by molar-refractivity contribution is 5.73. The third-order valence-corrected chi connectivity index (χ3v) is 5.71. The van der Waals surface area contributed by atoms with Crippen LogP contribution < -0.4 is 10.1 Å². The molecule has 32 heavy (non-hydrogen) atoms. The molecule has 0 spiro atoms. The molecule has 1 heterocycles. The van der Waals surface area contributed by atoms with Gasteiger partial charge in [0.15, 0.2) is 0 Å².